The molecule has 2 fully saturated rings. The molecule has 0 bridgehead atoms. The average Bonchev–Trinajstić information content (AvgIpc) is 2.86. The number of carbonyl (C=O) groups is 1. The summed E-state index contributed by atoms with van der Waals surface area (Å²) in [5, 5.41) is 0.382. The third kappa shape index (κ3) is 4.02. The van der Waals surface area contributed by atoms with Crippen LogP contribution in [0.3, 0.4) is 0 Å². The van der Waals surface area contributed by atoms with E-state index in [1.54, 1.807) is 17.0 Å². The fourth-order valence-electron chi connectivity index (χ4n) is 3.89. The second-order valence-electron chi connectivity index (χ2n) is 7.22. The molecule has 3 aliphatic rings. The summed E-state index contributed by atoms with van der Waals surface area (Å²) in [6.45, 7) is 3.58. The third-order valence-electron chi connectivity index (χ3n) is 5.38. The lowest BCUT2D eigenvalue weighted by molar-refractivity contribution is 0.0587. The Morgan fingerprint density at radius 3 is 2.56 bits per heavy atom. The first-order valence-electron chi connectivity index (χ1n) is 9.26. The standard InChI is InChI=1S/C18H23ClN2O5S/c19-15-10-13(11-16-17(15)26-8-1-7-25-16)18(22)21-5-3-20(4-6-21)14-2-9-27(23,24)12-14/h10-11,14H,1-9,12H2/t14-/m1/s1. The van der Waals surface area contributed by atoms with Crippen LogP contribution in [0.25, 0.3) is 0 Å². The van der Waals surface area contributed by atoms with E-state index in [0.29, 0.717) is 67.9 Å². The molecular formula is C18H23ClN2O5S. The summed E-state index contributed by atoms with van der Waals surface area (Å²) in [7, 11) is -2.90. The maximum absolute atomic E-state index is 12.9. The number of ether oxygens (including phenoxy) is 2. The summed E-state index contributed by atoms with van der Waals surface area (Å²) in [5.41, 5.74) is 0.487. The Morgan fingerprint density at radius 1 is 1.11 bits per heavy atom. The quantitative estimate of drug-likeness (QED) is 0.729. The summed E-state index contributed by atoms with van der Waals surface area (Å²) >= 11 is 6.30. The maximum atomic E-state index is 12.9. The molecule has 2 saturated heterocycles. The Kier molecular flexibility index (Phi) is 5.22. The van der Waals surface area contributed by atoms with Gasteiger partial charge in [-0.15, -0.1) is 0 Å². The molecular weight excluding hydrogens is 392 g/mol. The molecule has 0 aromatic heterocycles. The number of benzene rings is 1. The van der Waals surface area contributed by atoms with Gasteiger partial charge in [-0.05, 0) is 18.6 Å². The van der Waals surface area contributed by atoms with Crippen molar-refractivity contribution in [2.75, 3.05) is 50.9 Å². The molecule has 0 spiro atoms. The highest BCUT2D eigenvalue weighted by molar-refractivity contribution is 7.91. The Morgan fingerprint density at radius 2 is 1.85 bits per heavy atom. The molecule has 1 amide bonds. The van der Waals surface area contributed by atoms with Crippen molar-refractivity contribution < 1.29 is 22.7 Å². The summed E-state index contributed by atoms with van der Waals surface area (Å²) in [5.74, 6) is 1.42. The molecule has 0 aliphatic carbocycles. The van der Waals surface area contributed by atoms with E-state index in [1.807, 2.05) is 0 Å². The summed E-state index contributed by atoms with van der Waals surface area (Å²) in [6, 6.07) is 3.41. The van der Waals surface area contributed by atoms with Crippen LogP contribution in [-0.4, -0.2) is 81.1 Å². The van der Waals surface area contributed by atoms with Crippen molar-refractivity contribution in [1.29, 1.82) is 0 Å². The SMILES string of the molecule is O=C(c1cc(Cl)c2c(c1)OCCCO2)N1CCN([C@@H]2CCS(=O)(=O)C2)CC1. The minimum Gasteiger partial charge on any atom is -0.489 e. The van der Waals surface area contributed by atoms with E-state index in [1.165, 1.54) is 0 Å². The summed E-state index contributed by atoms with van der Waals surface area (Å²) in [4.78, 5) is 16.9. The van der Waals surface area contributed by atoms with Crippen LogP contribution in [-0.2, 0) is 9.84 Å². The van der Waals surface area contributed by atoms with Crippen LogP contribution in [0.2, 0.25) is 5.02 Å². The van der Waals surface area contributed by atoms with Crippen molar-refractivity contribution in [3.05, 3.63) is 22.7 Å². The van der Waals surface area contributed by atoms with Crippen molar-refractivity contribution in [2.45, 2.75) is 18.9 Å². The topological polar surface area (TPSA) is 76.2 Å². The van der Waals surface area contributed by atoms with Gasteiger partial charge in [-0.3, -0.25) is 9.69 Å². The molecule has 1 aromatic carbocycles. The Bertz CT molecular complexity index is 836. The number of rotatable bonds is 2. The molecule has 7 nitrogen and oxygen atoms in total. The van der Waals surface area contributed by atoms with E-state index < -0.39 is 9.84 Å². The van der Waals surface area contributed by atoms with Gasteiger partial charge in [-0.1, -0.05) is 11.6 Å². The number of sulfone groups is 1. The van der Waals surface area contributed by atoms with E-state index in [4.69, 9.17) is 21.1 Å². The number of carbonyl (C=O) groups excluding carboxylic acids is 1. The fourth-order valence-corrected chi connectivity index (χ4v) is 5.92. The molecule has 1 atom stereocenters. The number of nitrogens with zero attached hydrogens (tertiary/aromatic N) is 2. The molecule has 3 aliphatic heterocycles. The van der Waals surface area contributed by atoms with Gasteiger partial charge in [0.15, 0.2) is 21.3 Å². The monoisotopic (exact) mass is 414 g/mol. The van der Waals surface area contributed by atoms with E-state index in [9.17, 15) is 13.2 Å². The Balaban J connectivity index is 1.42. The number of piperazine rings is 1. The van der Waals surface area contributed by atoms with Crippen molar-refractivity contribution in [3.63, 3.8) is 0 Å². The van der Waals surface area contributed by atoms with Gasteiger partial charge >= 0.3 is 0 Å². The fraction of sp³-hybridized carbons (Fsp3) is 0.611. The van der Waals surface area contributed by atoms with Gasteiger partial charge in [0.25, 0.3) is 5.91 Å². The number of hydrogen-bond donors (Lipinski definition) is 0. The summed E-state index contributed by atoms with van der Waals surface area (Å²) < 4.78 is 34.7. The molecule has 4 rings (SSSR count). The van der Waals surface area contributed by atoms with Crippen LogP contribution in [0, 0.1) is 0 Å². The number of halogens is 1. The predicted molar refractivity (Wildman–Crippen MR) is 102 cm³/mol. The Hall–Kier alpha value is -1.51. The Labute approximate surface area is 164 Å². The number of amides is 1. The highest BCUT2D eigenvalue weighted by atomic mass is 35.5. The molecule has 9 heteroatoms. The molecule has 1 aromatic rings. The molecule has 3 heterocycles. The predicted octanol–water partition coefficient (Wildman–Crippen LogP) is 1.45. The zero-order chi connectivity index (χ0) is 19.0. The van der Waals surface area contributed by atoms with Crippen LogP contribution in [0.1, 0.15) is 23.2 Å². The van der Waals surface area contributed by atoms with Gasteiger partial charge in [0.2, 0.25) is 0 Å². The van der Waals surface area contributed by atoms with Gasteiger partial charge in [0, 0.05) is 44.2 Å². The lowest BCUT2D eigenvalue weighted by Gasteiger charge is -2.37. The number of fused-ring (bicyclic) bond motifs is 1. The second-order valence-corrected chi connectivity index (χ2v) is 9.86. The van der Waals surface area contributed by atoms with Crippen molar-refractivity contribution in [1.82, 2.24) is 9.80 Å². The van der Waals surface area contributed by atoms with E-state index in [-0.39, 0.29) is 23.5 Å². The van der Waals surface area contributed by atoms with Gasteiger partial charge in [0.05, 0.1) is 29.7 Å². The molecule has 0 saturated carbocycles. The first-order chi connectivity index (χ1) is 12.9. The lowest BCUT2D eigenvalue weighted by Crippen LogP contribution is -2.52. The zero-order valence-corrected chi connectivity index (χ0v) is 16.6. The minimum absolute atomic E-state index is 0.0831. The van der Waals surface area contributed by atoms with Crippen molar-refractivity contribution in [3.8, 4) is 11.5 Å². The lowest BCUT2D eigenvalue weighted by atomic mass is 10.1. The molecule has 27 heavy (non-hydrogen) atoms. The number of hydrogen-bond acceptors (Lipinski definition) is 6. The van der Waals surface area contributed by atoms with Crippen molar-refractivity contribution in [2.24, 2.45) is 0 Å². The highest BCUT2D eigenvalue weighted by Crippen LogP contribution is 2.38. The summed E-state index contributed by atoms with van der Waals surface area (Å²) in [6.07, 6.45) is 1.46. The van der Waals surface area contributed by atoms with Gasteiger partial charge in [-0.25, -0.2) is 8.42 Å². The molecule has 0 unspecified atom stereocenters. The van der Waals surface area contributed by atoms with Crippen LogP contribution in [0.5, 0.6) is 11.5 Å². The van der Waals surface area contributed by atoms with Gasteiger partial charge in [-0.2, -0.15) is 0 Å². The minimum atomic E-state index is -2.90. The van der Waals surface area contributed by atoms with Crippen LogP contribution >= 0.6 is 11.6 Å². The normalized spacial score (nSPS) is 25.2. The third-order valence-corrected chi connectivity index (χ3v) is 7.41. The first-order valence-corrected chi connectivity index (χ1v) is 11.5. The first kappa shape index (κ1) is 18.8. The smallest absolute Gasteiger partial charge is 0.254 e. The highest BCUT2D eigenvalue weighted by Gasteiger charge is 2.34. The maximum Gasteiger partial charge on any atom is 0.254 e. The molecule has 148 valence electrons. The van der Waals surface area contributed by atoms with Crippen LogP contribution in [0.15, 0.2) is 12.1 Å². The van der Waals surface area contributed by atoms with E-state index in [2.05, 4.69) is 4.90 Å². The van der Waals surface area contributed by atoms with Crippen molar-refractivity contribution >= 4 is 27.3 Å². The van der Waals surface area contributed by atoms with Gasteiger partial charge in [0.1, 0.15) is 0 Å². The van der Waals surface area contributed by atoms with Crippen LogP contribution < -0.4 is 9.47 Å². The zero-order valence-electron chi connectivity index (χ0n) is 15.0. The average molecular weight is 415 g/mol. The van der Waals surface area contributed by atoms with Gasteiger partial charge < -0.3 is 14.4 Å². The van der Waals surface area contributed by atoms with Crippen LogP contribution in [0.4, 0.5) is 0 Å². The largest absolute Gasteiger partial charge is 0.489 e. The molecule has 0 radical (unpaired) electrons. The molecule has 0 N–H and O–H groups in total. The van der Waals surface area contributed by atoms with E-state index in [0.717, 1.165) is 6.42 Å². The second kappa shape index (κ2) is 7.48. The van der Waals surface area contributed by atoms with E-state index >= 15 is 0 Å².